The SMILES string of the molecule is CCOc1ccc2c(c1)sc(=NC(=O)CSCC(=O)N1CCCCC1C)n2C. The van der Waals surface area contributed by atoms with E-state index in [9.17, 15) is 9.59 Å². The van der Waals surface area contributed by atoms with Crippen molar-refractivity contribution < 1.29 is 14.3 Å². The van der Waals surface area contributed by atoms with Gasteiger partial charge in [-0.05, 0) is 51.3 Å². The minimum Gasteiger partial charge on any atom is -0.494 e. The predicted octanol–water partition coefficient (Wildman–Crippen LogP) is 3.20. The number of nitrogens with zero attached hydrogens (tertiary/aromatic N) is 3. The van der Waals surface area contributed by atoms with Gasteiger partial charge in [0.25, 0.3) is 5.91 Å². The number of likely N-dealkylation sites (tertiary alicyclic amines) is 1. The number of thioether (sulfide) groups is 1. The number of hydrogen-bond donors (Lipinski definition) is 0. The van der Waals surface area contributed by atoms with E-state index in [4.69, 9.17) is 4.74 Å². The smallest absolute Gasteiger partial charge is 0.258 e. The average Bonchev–Trinajstić information content (AvgIpc) is 2.97. The van der Waals surface area contributed by atoms with Gasteiger partial charge in [0.15, 0.2) is 4.80 Å². The Morgan fingerprint density at radius 2 is 2.14 bits per heavy atom. The lowest BCUT2D eigenvalue weighted by Crippen LogP contribution is -2.43. The molecule has 3 rings (SSSR count). The number of hydrogen-bond acceptors (Lipinski definition) is 5. The highest BCUT2D eigenvalue weighted by Gasteiger charge is 2.22. The number of rotatable bonds is 6. The van der Waals surface area contributed by atoms with E-state index in [0.29, 0.717) is 23.2 Å². The summed E-state index contributed by atoms with van der Waals surface area (Å²) < 4.78 is 8.48. The number of piperidine rings is 1. The number of benzene rings is 1. The monoisotopic (exact) mass is 421 g/mol. The predicted molar refractivity (Wildman–Crippen MR) is 115 cm³/mol. The summed E-state index contributed by atoms with van der Waals surface area (Å²) in [6.07, 6.45) is 3.33. The number of ether oxygens (including phenoxy) is 1. The Balaban J connectivity index is 1.61. The summed E-state index contributed by atoms with van der Waals surface area (Å²) in [4.78, 5) is 31.5. The molecule has 0 radical (unpaired) electrons. The maximum Gasteiger partial charge on any atom is 0.258 e. The van der Waals surface area contributed by atoms with Gasteiger partial charge in [0.2, 0.25) is 5.91 Å². The standard InChI is InChI=1S/C20H27N3O3S2/c1-4-26-15-8-9-16-17(11-15)28-20(22(16)3)21-18(24)12-27-13-19(25)23-10-6-5-7-14(23)2/h8-9,11,14H,4-7,10,12-13H2,1-3H3. The van der Waals surface area contributed by atoms with E-state index in [1.165, 1.54) is 29.5 Å². The van der Waals surface area contributed by atoms with Gasteiger partial charge in [0.05, 0.1) is 28.3 Å². The van der Waals surface area contributed by atoms with Crippen LogP contribution in [-0.2, 0) is 16.6 Å². The quantitative estimate of drug-likeness (QED) is 0.719. The van der Waals surface area contributed by atoms with Crippen LogP contribution in [0.4, 0.5) is 0 Å². The second kappa shape index (κ2) is 9.60. The molecule has 1 aliphatic rings. The summed E-state index contributed by atoms with van der Waals surface area (Å²) in [7, 11) is 1.90. The van der Waals surface area contributed by atoms with Crippen LogP contribution >= 0.6 is 23.1 Å². The fourth-order valence-electron chi connectivity index (χ4n) is 3.39. The number of thiazole rings is 1. The summed E-state index contributed by atoms with van der Waals surface area (Å²) in [6, 6.07) is 6.18. The Labute approximate surface area is 173 Å². The van der Waals surface area contributed by atoms with Gasteiger partial charge in [-0.15, -0.1) is 11.8 Å². The number of aryl methyl sites for hydroxylation is 1. The largest absolute Gasteiger partial charge is 0.494 e. The van der Waals surface area contributed by atoms with Crippen molar-refractivity contribution in [2.24, 2.45) is 12.0 Å². The Morgan fingerprint density at radius 1 is 1.32 bits per heavy atom. The summed E-state index contributed by atoms with van der Waals surface area (Å²) >= 11 is 2.81. The lowest BCUT2D eigenvalue weighted by atomic mass is 10.0. The first-order chi connectivity index (χ1) is 13.5. The van der Waals surface area contributed by atoms with Crippen LogP contribution < -0.4 is 9.54 Å². The Kier molecular flexibility index (Phi) is 7.18. The fraction of sp³-hybridized carbons (Fsp3) is 0.550. The highest BCUT2D eigenvalue weighted by molar-refractivity contribution is 8.00. The summed E-state index contributed by atoms with van der Waals surface area (Å²) in [5, 5.41) is 0. The molecule has 2 heterocycles. The van der Waals surface area contributed by atoms with Gasteiger partial charge in [-0.3, -0.25) is 9.59 Å². The molecule has 152 valence electrons. The van der Waals surface area contributed by atoms with Crippen molar-refractivity contribution in [1.29, 1.82) is 0 Å². The van der Waals surface area contributed by atoms with Gasteiger partial charge in [0, 0.05) is 19.6 Å². The van der Waals surface area contributed by atoms with E-state index in [1.54, 1.807) is 0 Å². The molecule has 0 aliphatic carbocycles. The van der Waals surface area contributed by atoms with Gasteiger partial charge >= 0.3 is 0 Å². The molecule has 0 bridgehead atoms. The first kappa shape index (κ1) is 20.9. The van der Waals surface area contributed by atoms with Crippen molar-refractivity contribution >= 4 is 45.1 Å². The van der Waals surface area contributed by atoms with Crippen LogP contribution in [0.15, 0.2) is 23.2 Å². The van der Waals surface area contributed by atoms with Crippen molar-refractivity contribution in [3.05, 3.63) is 23.0 Å². The third-order valence-electron chi connectivity index (χ3n) is 4.89. The summed E-state index contributed by atoms with van der Waals surface area (Å²) in [6.45, 7) is 5.50. The number of aromatic nitrogens is 1. The molecule has 1 atom stereocenters. The molecule has 1 aliphatic heterocycles. The molecule has 2 amide bonds. The molecule has 8 heteroatoms. The van der Waals surface area contributed by atoms with E-state index in [1.807, 2.05) is 41.6 Å². The zero-order valence-corrected chi connectivity index (χ0v) is 18.3. The molecule has 6 nitrogen and oxygen atoms in total. The van der Waals surface area contributed by atoms with Crippen LogP contribution in [0, 0.1) is 0 Å². The minimum absolute atomic E-state index is 0.126. The van der Waals surface area contributed by atoms with Crippen LogP contribution in [0.2, 0.25) is 0 Å². The summed E-state index contributed by atoms with van der Waals surface area (Å²) in [5.74, 6) is 1.28. The van der Waals surface area contributed by atoms with Gasteiger partial charge in [-0.25, -0.2) is 0 Å². The average molecular weight is 422 g/mol. The van der Waals surface area contributed by atoms with Crippen LogP contribution in [-0.4, -0.2) is 52.0 Å². The van der Waals surface area contributed by atoms with E-state index in [0.717, 1.165) is 35.4 Å². The molecule has 1 aromatic carbocycles. The Morgan fingerprint density at radius 3 is 2.89 bits per heavy atom. The zero-order valence-electron chi connectivity index (χ0n) is 16.6. The van der Waals surface area contributed by atoms with Crippen LogP contribution in [0.3, 0.4) is 0 Å². The molecular formula is C20H27N3O3S2. The molecule has 0 spiro atoms. The van der Waals surface area contributed by atoms with Crippen molar-refractivity contribution in [3.63, 3.8) is 0 Å². The Hall–Kier alpha value is -1.80. The van der Waals surface area contributed by atoms with Crippen molar-refractivity contribution in [2.75, 3.05) is 24.7 Å². The molecule has 1 unspecified atom stereocenters. The van der Waals surface area contributed by atoms with E-state index in [-0.39, 0.29) is 17.6 Å². The topological polar surface area (TPSA) is 63.9 Å². The number of amides is 2. The third-order valence-corrected chi connectivity index (χ3v) is 6.88. The second-order valence-corrected chi connectivity index (χ2v) is 8.93. The second-order valence-electron chi connectivity index (χ2n) is 6.94. The normalized spacial score (nSPS) is 17.9. The zero-order chi connectivity index (χ0) is 20.1. The molecule has 1 aromatic heterocycles. The van der Waals surface area contributed by atoms with Gasteiger partial charge in [0.1, 0.15) is 5.75 Å². The molecule has 2 aromatic rings. The van der Waals surface area contributed by atoms with Crippen LogP contribution in [0.1, 0.15) is 33.1 Å². The van der Waals surface area contributed by atoms with Crippen molar-refractivity contribution in [2.45, 2.75) is 39.2 Å². The fourth-order valence-corrected chi connectivity index (χ4v) is 5.14. The Bertz CT molecular complexity index is 919. The number of carbonyl (C=O) groups excluding carboxylic acids is 2. The van der Waals surface area contributed by atoms with E-state index < -0.39 is 0 Å². The molecular weight excluding hydrogens is 394 g/mol. The number of fused-ring (bicyclic) bond motifs is 1. The lowest BCUT2D eigenvalue weighted by molar-refractivity contribution is -0.131. The van der Waals surface area contributed by atoms with Crippen molar-refractivity contribution in [1.82, 2.24) is 9.47 Å². The highest BCUT2D eigenvalue weighted by atomic mass is 32.2. The van der Waals surface area contributed by atoms with Gasteiger partial charge in [-0.1, -0.05) is 11.3 Å². The highest BCUT2D eigenvalue weighted by Crippen LogP contribution is 2.23. The molecule has 0 N–H and O–H groups in total. The van der Waals surface area contributed by atoms with Gasteiger partial charge in [-0.2, -0.15) is 4.99 Å². The first-order valence-corrected chi connectivity index (χ1v) is 11.6. The third kappa shape index (κ3) is 4.97. The first-order valence-electron chi connectivity index (χ1n) is 9.66. The van der Waals surface area contributed by atoms with E-state index >= 15 is 0 Å². The maximum absolute atomic E-state index is 12.4. The minimum atomic E-state index is -0.211. The maximum atomic E-state index is 12.4. The molecule has 1 fully saturated rings. The van der Waals surface area contributed by atoms with Crippen LogP contribution in [0.25, 0.3) is 10.2 Å². The van der Waals surface area contributed by atoms with Gasteiger partial charge < -0.3 is 14.2 Å². The lowest BCUT2D eigenvalue weighted by Gasteiger charge is -2.33. The van der Waals surface area contributed by atoms with Crippen LogP contribution in [0.5, 0.6) is 5.75 Å². The molecule has 0 saturated carbocycles. The molecule has 28 heavy (non-hydrogen) atoms. The summed E-state index contributed by atoms with van der Waals surface area (Å²) in [5.41, 5.74) is 1.02. The van der Waals surface area contributed by atoms with Crippen molar-refractivity contribution in [3.8, 4) is 5.75 Å². The number of carbonyl (C=O) groups is 2. The molecule has 1 saturated heterocycles. The van der Waals surface area contributed by atoms with E-state index in [2.05, 4.69) is 11.9 Å².